The van der Waals surface area contributed by atoms with Crippen LogP contribution in [0, 0.1) is 0 Å². The maximum Gasteiger partial charge on any atom is 0.327 e. The Balaban J connectivity index is 1.67. The van der Waals surface area contributed by atoms with Crippen molar-refractivity contribution in [2.45, 2.75) is 19.1 Å². The number of benzene rings is 2. The van der Waals surface area contributed by atoms with Crippen molar-refractivity contribution in [3.05, 3.63) is 93.5 Å². The molecule has 0 fully saturated rings. The zero-order valence-corrected chi connectivity index (χ0v) is 19.4. The Morgan fingerprint density at radius 2 is 1.83 bits per heavy atom. The van der Waals surface area contributed by atoms with Gasteiger partial charge in [-0.15, -0.1) is 10.2 Å². The minimum Gasteiger partial charge on any atom is -0.480 e. The van der Waals surface area contributed by atoms with E-state index in [0.29, 0.717) is 21.9 Å². The second-order valence-electron chi connectivity index (χ2n) is 8.00. The molecule has 1 N–H and O–H groups in total. The van der Waals surface area contributed by atoms with Crippen LogP contribution in [-0.4, -0.2) is 42.6 Å². The SMILES string of the molecule is COCc1nn2c(nnc3c(=O)n([C@H](Cc4ccccc4)C(=O)O)ccc32)c1-c1ccc(Cl)cc1. The van der Waals surface area contributed by atoms with Crippen LogP contribution in [0.15, 0.2) is 71.7 Å². The van der Waals surface area contributed by atoms with Gasteiger partial charge in [-0.25, -0.2) is 9.31 Å². The Labute approximate surface area is 204 Å². The van der Waals surface area contributed by atoms with Crippen LogP contribution in [0.3, 0.4) is 0 Å². The number of aromatic nitrogens is 5. The number of pyridine rings is 1. The van der Waals surface area contributed by atoms with Crippen molar-refractivity contribution >= 4 is 34.3 Å². The van der Waals surface area contributed by atoms with Crippen LogP contribution in [0.2, 0.25) is 5.02 Å². The molecular weight excluding hydrogens is 470 g/mol. The van der Waals surface area contributed by atoms with Crippen LogP contribution < -0.4 is 5.56 Å². The molecule has 0 amide bonds. The molecule has 5 rings (SSSR count). The van der Waals surface area contributed by atoms with Gasteiger partial charge in [-0.3, -0.25) is 9.36 Å². The molecule has 0 aliphatic carbocycles. The number of hydrogen-bond donors (Lipinski definition) is 1. The minimum atomic E-state index is -1.11. The maximum atomic E-state index is 13.3. The number of methoxy groups -OCH3 is 1. The van der Waals surface area contributed by atoms with Crippen LogP contribution >= 0.6 is 11.6 Å². The molecule has 3 heterocycles. The van der Waals surface area contributed by atoms with E-state index < -0.39 is 17.6 Å². The van der Waals surface area contributed by atoms with Gasteiger partial charge in [-0.1, -0.05) is 54.1 Å². The maximum absolute atomic E-state index is 13.3. The van der Waals surface area contributed by atoms with E-state index in [1.54, 1.807) is 29.8 Å². The van der Waals surface area contributed by atoms with Crippen LogP contribution in [0.5, 0.6) is 0 Å². The first-order valence-electron chi connectivity index (χ1n) is 10.8. The molecule has 0 aliphatic heterocycles. The summed E-state index contributed by atoms with van der Waals surface area (Å²) in [6, 6.07) is 16.9. The molecule has 0 saturated heterocycles. The molecule has 3 aromatic heterocycles. The summed E-state index contributed by atoms with van der Waals surface area (Å²) in [6.07, 6.45) is 1.62. The summed E-state index contributed by atoms with van der Waals surface area (Å²) in [5.74, 6) is -1.11. The summed E-state index contributed by atoms with van der Waals surface area (Å²) < 4.78 is 8.05. The first-order chi connectivity index (χ1) is 17.0. The minimum absolute atomic E-state index is 0.0217. The molecule has 0 radical (unpaired) electrons. The van der Waals surface area contributed by atoms with E-state index in [1.807, 2.05) is 42.5 Å². The van der Waals surface area contributed by atoms with Gasteiger partial charge < -0.3 is 9.84 Å². The lowest BCUT2D eigenvalue weighted by atomic mass is 10.1. The number of hydrogen-bond acceptors (Lipinski definition) is 6. The van der Waals surface area contributed by atoms with E-state index >= 15 is 0 Å². The Morgan fingerprint density at radius 1 is 1.09 bits per heavy atom. The largest absolute Gasteiger partial charge is 0.480 e. The third-order valence-corrected chi connectivity index (χ3v) is 6.04. The molecule has 176 valence electrons. The van der Waals surface area contributed by atoms with Gasteiger partial charge in [-0.05, 0) is 29.3 Å². The first-order valence-corrected chi connectivity index (χ1v) is 11.2. The van der Waals surface area contributed by atoms with Gasteiger partial charge >= 0.3 is 5.97 Å². The number of ether oxygens (including phenoxy) is 1. The number of carboxylic acids is 1. The molecular formula is C25H20ClN5O4. The number of carboxylic acid groups (broad SMARTS) is 1. The van der Waals surface area contributed by atoms with Crippen molar-refractivity contribution in [1.29, 1.82) is 0 Å². The molecule has 0 saturated carbocycles. The standard InChI is InChI=1S/C25H20ClN5O4/c1-35-14-18-21(16-7-9-17(26)10-8-16)23-28-27-22-19(31(23)29-18)11-12-30(24(22)32)20(25(33)34)13-15-5-3-2-4-6-15/h2-12,20H,13-14H2,1H3,(H,33,34)/t20-/m1/s1. The zero-order valence-electron chi connectivity index (χ0n) is 18.6. The molecule has 2 aromatic carbocycles. The Bertz CT molecular complexity index is 1600. The molecule has 0 aliphatic rings. The monoisotopic (exact) mass is 489 g/mol. The lowest BCUT2D eigenvalue weighted by molar-refractivity contribution is -0.141. The predicted molar refractivity (Wildman–Crippen MR) is 131 cm³/mol. The van der Waals surface area contributed by atoms with Crippen LogP contribution in [-0.2, 0) is 22.6 Å². The first kappa shape index (κ1) is 22.7. The predicted octanol–water partition coefficient (Wildman–Crippen LogP) is 3.77. The third-order valence-electron chi connectivity index (χ3n) is 5.79. The molecule has 10 heteroatoms. The van der Waals surface area contributed by atoms with Gasteiger partial charge in [0.05, 0.1) is 17.9 Å². The van der Waals surface area contributed by atoms with E-state index in [4.69, 9.17) is 16.3 Å². The highest BCUT2D eigenvalue weighted by atomic mass is 35.5. The highest BCUT2D eigenvalue weighted by Gasteiger charge is 2.24. The number of nitrogens with zero attached hydrogens (tertiary/aromatic N) is 5. The van der Waals surface area contributed by atoms with Crippen molar-refractivity contribution in [1.82, 2.24) is 24.4 Å². The fourth-order valence-electron chi connectivity index (χ4n) is 4.14. The summed E-state index contributed by atoms with van der Waals surface area (Å²) >= 11 is 6.05. The number of aliphatic carboxylic acids is 1. The van der Waals surface area contributed by atoms with Gasteiger partial charge in [0.2, 0.25) is 0 Å². The Kier molecular flexibility index (Phi) is 6.02. The molecule has 0 bridgehead atoms. The molecule has 9 nitrogen and oxygen atoms in total. The van der Waals surface area contributed by atoms with Crippen LogP contribution in [0.25, 0.3) is 27.8 Å². The summed E-state index contributed by atoms with van der Waals surface area (Å²) in [7, 11) is 1.57. The highest BCUT2D eigenvalue weighted by molar-refractivity contribution is 6.30. The van der Waals surface area contributed by atoms with Crippen molar-refractivity contribution < 1.29 is 14.6 Å². The highest BCUT2D eigenvalue weighted by Crippen LogP contribution is 2.30. The van der Waals surface area contributed by atoms with E-state index in [9.17, 15) is 14.7 Å². The number of fused-ring (bicyclic) bond motifs is 3. The molecule has 5 aromatic rings. The third kappa shape index (κ3) is 4.16. The number of carbonyl (C=O) groups is 1. The van der Waals surface area contributed by atoms with Gasteiger partial charge in [-0.2, -0.15) is 5.10 Å². The summed E-state index contributed by atoms with van der Waals surface area (Å²) in [5.41, 5.74) is 3.29. The molecule has 0 spiro atoms. The average molecular weight is 490 g/mol. The van der Waals surface area contributed by atoms with E-state index in [2.05, 4.69) is 15.3 Å². The van der Waals surface area contributed by atoms with Crippen LogP contribution in [0.1, 0.15) is 17.3 Å². The van der Waals surface area contributed by atoms with Crippen molar-refractivity contribution in [2.75, 3.05) is 7.11 Å². The van der Waals surface area contributed by atoms with Crippen molar-refractivity contribution in [3.63, 3.8) is 0 Å². The molecule has 0 unspecified atom stereocenters. The summed E-state index contributed by atoms with van der Waals surface area (Å²) in [4.78, 5) is 25.4. The summed E-state index contributed by atoms with van der Waals surface area (Å²) in [6.45, 7) is 0.220. The van der Waals surface area contributed by atoms with E-state index in [1.165, 1.54) is 10.8 Å². The fourth-order valence-corrected chi connectivity index (χ4v) is 4.27. The Hall–Kier alpha value is -4.08. The van der Waals surface area contributed by atoms with Gasteiger partial charge in [0, 0.05) is 24.8 Å². The number of rotatable bonds is 7. The second kappa shape index (κ2) is 9.28. The molecule has 1 atom stereocenters. The van der Waals surface area contributed by atoms with Gasteiger partial charge in [0.15, 0.2) is 11.2 Å². The van der Waals surface area contributed by atoms with E-state index in [-0.39, 0.29) is 18.5 Å². The average Bonchev–Trinajstić information content (AvgIpc) is 3.23. The summed E-state index contributed by atoms with van der Waals surface area (Å²) in [5, 5.41) is 23.6. The topological polar surface area (TPSA) is 112 Å². The fraction of sp³-hybridized carbons (Fsp3) is 0.160. The van der Waals surface area contributed by atoms with Crippen LogP contribution in [0.4, 0.5) is 0 Å². The smallest absolute Gasteiger partial charge is 0.327 e. The van der Waals surface area contributed by atoms with Crippen molar-refractivity contribution in [2.24, 2.45) is 0 Å². The van der Waals surface area contributed by atoms with E-state index in [0.717, 1.165) is 16.7 Å². The van der Waals surface area contributed by atoms with Crippen molar-refractivity contribution in [3.8, 4) is 11.1 Å². The lowest BCUT2D eigenvalue weighted by Crippen LogP contribution is -2.31. The quantitative estimate of drug-likeness (QED) is 0.370. The number of halogens is 1. The molecule has 35 heavy (non-hydrogen) atoms. The zero-order chi connectivity index (χ0) is 24.5. The Morgan fingerprint density at radius 3 is 2.51 bits per heavy atom. The second-order valence-corrected chi connectivity index (χ2v) is 8.44. The normalized spacial score (nSPS) is 12.3. The lowest BCUT2D eigenvalue weighted by Gasteiger charge is -2.16. The van der Waals surface area contributed by atoms with Gasteiger partial charge in [0.1, 0.15) is 11.6 Å². The van der Waals surface area contributed by atoms with Gasteiger partial charge in [0.25, 0.3) is 5.56 Å².